The summed E-state index contributed by atoms with van der Waals surface area (Å²) in [6.07, 6.45) is 1.17. The Hall–Kier alpha value is -0.900. The van der Waals surface area contributed by atoms with Crippen molar-refractivity contribution in [2.45, 2.75) is 32.2 Å². The summed E-state index contributed by atoms with van der Waals surface area (Å²) in [6, 6.07) is 9.43. The fourth-order valence-corrected chi connectivity index (χ4v) is 2.95. The summed E-state index contributed by atoms with van der Waals surface area (Å²) in [6.45, 7) is 8.62. The van der Waals surface area contributed by atoms with E-state index in [4.69, 9.17) is 5.11 Å². The van der Waals surface area contributed by atoms with Gasteiger partial charge in [0.1, 0.15) is 0 Å². The maximum absolute atomic E-state index is 8.96. The van der Waals surface area contributed by atoms with Gasteiger partial charge in [0, 0.05) is 25.7 Å². The summed E-state index contributed by atoms with van der Waals surface area (Å²) in [7, 11) is 0. The molecule has 3 heteroatoms. The van der Waals surface area contributed by atoms with Gasteiger partial charge in [0.2, 0.25) is 0 Å². The summed E-state index contributed by atoms with van der Waals surface area (Å²) < 4.78 is 0. The smallest absolute Gasteiger partial charge is 0.0556 e. The minimum atomic E-state index is 0.220. The van der Waals surface area contributed by atoms with E-state index in [0.29, 0.717) is 18.5 Å². The second-order valence-electron chi connectivity index (χ2n) is 5.57. The van der Waals surface area contributed by atoms with Crippen LogP contribution < -0.4 is 5.32 Å². The largest absolute Gasteiger partial charge is 0.395 e. The number of hydrogen-bond acceptors (Lipinski definition) is 3. The first-order valence-electron chi connectivity index (χ1n) is 7.36. The van der Waals surface area contributed by atoms with Crippen LogP contribution in [0.3, 0.4) is 0 Å². The van der Waals surface area contributed by atoms with Crippen LogP contribution in [0.4, 0.5) is 0 Å². The van der Waals surface area contributed by atoms with Crippen LogP contribution in [0.1, 0.15) is 30.4 Å². The Morgan fingerprint density at radius 3 is 2.63 bits per heavy atom. The molecule has 1 saturated heterocycles. The van der Waals surface area contributed by atoms with Crippen molar-refractivity contribution in [3.63, 3.8) is 0 Å². The third-order valence-electron chi connectivity index (χ3n) is 4.07. The van der Waals surface area contributed by atoms with Crippen LogP contribution in [0, 0.1) is 6.92 Å². The minimum absolute atomic E-state index is 0.220. The number of hydrogen-bond donors (Lipinski definition) is 2. The Labute approximate surface area is 116 Å². The molecule has 1 aromatic carbocycles. The zero-order valence-corrected chi connectivity index (χ0v) is 12.1. The van der Waals surface area contributed by atoms with Gasteiger partial charge in [-0.1, -0.05) is 36.8 Å². The number of aryl methyl sites for hydroxylation is 1. The van der Waals surface area contributed by atoms with Crippen molar-refractivity contribution in [3.8, 4) is 0 Å². The lowest BCUT2D eigenvalue weighted by atomic mass is 9.87. The highest BCUT2D eigenvalue weighted by molar-refractivity contribution is 5.25. The summed E-state index contributed by atoms with van der Waals surface area (Å²) in [5, 5.41) is 12.4. The van der Waals surface area contributed by atoms with Gasteiger partial charge >= 0.3 is 0 Å². The van der Waals surface area contributed by atoms with Gasteiger partial charge in [0.15, 0.2) is 0 Å². The second-order valence-corrected chi connectivity index (χ2v) is 5.57. The van der Waals surface area contributed by atoms with Crippen molar-refractivity contribution in [3.05, 3.63) is 35.4 Å². The molecule has 2 atom stereocenters. The highest BCUT2D eigenvalue weighted by Crippen LogP contribution is 2.27. The molecule has 0 radical (unpaired) electrons. The maximum Gasteiger partial charge on any atom is 0.0556 e. The normalized spacial score (nSPS) is 24.6. The molecule has 1 aromatic rings. The molecule has 1 heterocycles. The molecule has 1 fully saturated rings. The first-order valence-corrected chi connectivity index (χ1v) is 7.36. The van der Waals surface area contributed by atoms with E-state index in [1.165, 1.54) is 17.5 Å². The van der Waals surface area contributed by atoms with Gasteiger partial charge < -0.3 is 15.3 Å². The first kappa shape index (κ1) is 14.5. The van der Waals surface area contributed by atoms with Crippen LogP contribution >= 0.6 is 0 Å². The van der Waals surface area contributed by atoms with E-state index in [0.717, 1.165) is 19.6 Å². The predicted molar refractivity (Wildman–Crippen MR) is 79.5 cm³/mol. The topological polar surface area (TPSA) is 35.5 Å². The molecule has 3 nitrogen and oxygen atoms in total. The van der Waals surface area contributed by atoms with E-state index >= 15 is 0 Å². The fourth-order valence-electron chi connectivity index (χ4n) is 2.95. The predicted octanol–water partition coefficient (Wildman–Crippen LogP) is 1.75. The average Bonchev–Trinajstić information content (AvgIpc) is 2.45. The lowest BCUT2D eigenvalue weighted by Crippen LogP contribution is -2.48. The molecule has 0 aliphatic carbocycles. The van der Waals surface area contributed by atoms with Crippen LogP contribution in [0.2, 0.25) is 0 Å². The van der Waals surface area contributed by atoms with Gasteiger partial charge in [-0.25, -0.2) is 0 Å². The molecule has 2 N–H and O–H groups in total. The molecule has 0 bridgehead atoms. The van der Waals surface area contributed by atoms with Crippen LogP contribution in [0.15, 0.2) is 24.3 Å². The van der Waals surface area contributed by atoms with Crippen LogP contribution in [0.25, 0.3) is 0 Å². The number of nitrogens with one attached hydrogen (secondary N) is 1. The van der Waals surface area contributed by atoms with Crippen LogP contribution in [0.5, 0.6) is 0 Å². The molecule has 2 unspecified atom stereocenters. The van der Waals surface area contributed by atoms with E-state index in [1.807, 2.05) is 0 Å². The Morgan fingerprint density at radius 1 is 1.26 bits per heavy atom. The SMILES string of the molecule is CCN1CC(NCCO)CC(c2ccc(C)cc2)C1. The van der Waals surface area contributed by atoms with Gasteiger partial charge in [0.05, 0.1) is 6.61 Å². The second kappa shape index (κ2) is 7.04. The zero-order chi connectivity index (χ0) is 13.7. The Balaban J connectivity index is 2.04. The third-order valence-corrected chi connectivity index (χ3v) is 4.07. The molecule has 0 saturated carbocycles. The van der Waals surface area contributed by atoms with Gasteiger partial charge in [-0.05, 0) is 31.4 Å². The van der Waals surface area contributed by atoms with Crippen LogP contribution in [-0.4, -0.2) is 48.8 Å². The number of likely N-dealkylation sites (N-methyl/N-ethyl adjacent to an activating group) is 1. The van der Waals surface area contributed by atoms with Crippen molar-refractivity contribution in [1.82, 2.24) is 10.2 Å². The number of benzene rings is 1. The highest BCUT2D eigenvalue weighted by atomic mass is 16.3. The average molecular weight is 262 g/mol. The Morgan fingerprint density at radius 2 is 2.00 bits per heavy atom. The van der Waals surface area contributed by atoms with Crippen molar-refractivity contribution < 1.29 is 5.11 Å². The molecule has 1 aliphatic rings. The monoisotopic (exact) mass is 262 g/mol. The van der Waals surface area contributed by atoms with E-state index in [1.54, 1.807) is 0 Å². The summed E-state index contributed by atoms with van der Waals surface area (Å²) in [5.41, 5.74) is 2.77. The van der Waals surface area contributed by atoms with Gasteiger partial charge in [-0.15, -0.1) is 0 Å². The third kappa shape index (κ3) is 4.03. The van der Waals surface area contributed by atoms with Crippen LogP contribution in [-0.2, 0) is 0 Å². The van der Waals surface area contributed by atoms with E-state index in [2.05, 4.69) is 48.3 Å². The van der Waals surface area contributed by atoms with E-state index < -0.39 is 0 Å². The van der Waals surface area contributed by atoms with Crippen molar-refractivity contribution >= 4 is 0 Å². The number of piperidine rings is 1. The van der Waals surface area contributed by atoms with Crippen molar-refractivity contribution in [1.29, 1.82) is 0 Å². The molecule has 0 amide bonds. The molecule has 19 heavy (non-hydrogen) atoms. The molecular formula is C16H26N2O. The lowest BCUT2D eigenvalue weighted by molar-refractivity contribution is 0.172. The summed E-state index contributed by atoms with van der Waals surface area (Å²) >= 11 is 0. The van der Waals surface area contributed by atoms with Gasteiger partial charge in [0.25, 0.3) is 0 Å². The highest BCUT2D eigenvalue weighted by Gasteiger charge is 2.26. The van der Waals surface area contributed by atoms with Gasteiger partial charge in [-0.2, -0.15) is 0 Å². The molecule has 106 valence electrons. The molecule has 0 spiro atoms. The summed E-state index contributed by atoms with van der Waals surface area (Å²) in [5.74, 6) is 0.602. The summed E-state index contributed by atoms with van der Waals surface area (Å²) in [4.78, 5) is 2.50. The van der Waals surface area contributed by atoms with E-state index in [-0.39, 0.29) is 6.61 Å². The van der Waals surface area contributed by atoms with E-state index in [9.17, 15) is 0 Å². The molecular weight excluding hydrogens is 236 g/mol. The number of nitrogens with zero attached hydrogens (tertiary/aromatic N) is 1. The fraction of sp³-hybridized carbons (Fsp3) is 0.625. The molecule has 2 rings (SSSR count). The van der Waals surface area contributed by atoms with Crippen molar-refractivity contribution in [2.24, 2.45) is 0 Å². The number of aliphatic hydroxyl groups is 1. The zero-order valence-electron chi connectivity index (χ0n) is 12.1. The van der Waals surface area contributed by atoms with Crippen molar-refractivity contribution in [2.75, 3.05) is 32.8 Å². The Bertz CT molecular complexity index is 377. The first-order chi connectivity index (χ1) is 9.22. The number of rotatable bonds is 5. The quantitative estimate of drug-likeness (QED) is 0.849. The van der Waals surface area contributed by atoms with Gasteiger partial charge in [-0.3, -0.25) is 0 Å². The number of aliphatic hydroxyl groups excluding tert-OH is 1. The minimum Gasteiger partial charge on any atom is -0.395 e. The standard InChI is InChI=1S/C16H26N2O/c1-3-18-11-15(10-16(12-18)17-8-9-19)14-6-4-13(2)5-7-14/h4-7,15-17,19H,3,8-12H2,1-2H3. The number of likely N-dealkylation sites (tertiary alicyclic amines) is 1. The lowest BCUT2D eigenvalue weighted by Gasteiger charge is -2.38. The molecule has 1 aliphatic heterocycles. The maximum atomic E-state index is 8.96. The Kier molecular flexibility index (Phi) is 5.37. The molecule has 0 aromatic heterocycles.